The molecule has 0 aliphatic carbocycles. The van der Waals surface area contributed by atoms with E-state index < -0.39 is 0 Å². The number of para-hydroxylation sites is 1. The fraction of sp³-hybridized carbons (Fsp3) is 0.185. The van der Waals surface area contributed by atoms with Crippen LogP contribution in [0, 0.1) is 5.82 Å². The summed E-state index contributed by atoms with van der Waals surface area (Å²) in [7, 11) is 0. The van der Waals surface area contributed by atoms with E-state index in [-0.39, 0.29) is 11.8 Å². The first-order valence-electron chi connectivity index (χ1n) is 11.9. The summed E-state index contributed by atoms with van der Waals surface area (Å²) >= 11 is 0. The number of fused-ring (bicyclic) bond motifs is 3. The molecule has 3 aromatic carbocycles. The lowest BCUT2D eigenvalue weighted by Crippen LogP contribution is -2.52. The van der Waals surface area contributed by atoms with E-state index in [0.717, 1.165) is 16.5 Å². The number of nitrogens with one attached hydrogen (secondary N) is 1. The Kier molecular flexibility index (Phi) is 5.65. The van der Waals surface area contributed by atoms with Crippen molar-refractivity contribution in [2.24, 2.45) is 0 Å². The van der Waals surface area contributed by atoms with Crippen LogP contribution in [0.3, 0.4) is 0 Å². The van der Waals surface area contributed by atoms with E-state index in [1.807, 2.05) is 63.9 Å². The molecule has 8 nitrogen and oxygen atoms in total. The fourth-order valence-corrected chi connectivity index (χ4v) is 4.59. The van der Waals surface area contributed by atoms with Gasteiger partial charge in [0.2, 0.25) is 5.95 Å². The number of urea groups is 1. The predicted octanol–water partition coefficient (Wildman–Crippen LogP) is 4.12. The number of hydrogen-bond acceptors (Lipinski definition) is 5. The summed E-state index contributed by atoms with van der Waals surface area (Å²) in [6, 6.07) is 24.0. The van der Waals surface area contributed by atoms with E-state index in [0.29, 0.717) is 55.7 Å². The van der Waals surface area contributed by atoms with Gasteiger partial charge in [0.05, 0.1) is 11.1 Å². The minimum Gasteiger partial charge on any atom is -0.338 e. The molecule has 36 heavy (non-hydrogen) atoms. The third kappa shape index (κ3) is 3.98. The summed E-state index contributed by atoms with van der Waals surface area (Å²) in [4.78, 5) is 21.6. The zero-order valence-electron chi connectivity index (χ0n) is 19.5. The van der Waals surface area contributed by atoms with Crippen LogP contribution in [0.1, 0.15) is 5.56 Å². The van der Waals surface area contributed by atoms with Gasteiger partial charge < -0.3 is 15.1 Å². The van der Waals surface area contributed by atoms with Crippen molar-refractivity contribution >= 4 is 28.5 Å². The smallest absolute Gasteiger partial charge is 0.317 e. The molecular weight excluding hydrogens is 457 g/mol. The number of nitrogens with zero attached hydrogens (tertiary/aromatic N) is 6. The highest BCUT2D eigenvalue weighted by molar-refractivity contribution is 5.93. The zero-order valence-corrected chi connectivity index (χ0v) is 19.5. The van der Waals surface area contributed by atoms with Crippen molar-refractivity contribution in [3.05, 3.63) is 90.2 Å². The maximum Gasteiger partial charge on any atom is 0.317 e. The van der Waals surface area contributed by atoms with Gasteiger partial charge in [-0.25, -0.2) is 18.6 Å². The lowest BCUT2D eigenvalue weighted by Gasteiger charge is -2.35. The van der Waals surface area contributed by atoms with Gasteiger partial charge in [0.15, 0.2) is 11.5 Å². The summed E-state index contributed by atoms with van der Waals surface area (Å²) in [5.74, 6) is 0.668. The molecule has 0 bridgehead atoms. The highest BCUT2D eigenvalue weighted by atomic mass is 19.1. The van der Waals surface area contributed by atoms with Crippen LogP contribution in [0.5, 0.6) is 0 Å². The molecule has 5 aromatic rings. The number of rotatable bonds is 4. The topological polar surface area (TPSA) is 78.7 Å². The number of anilines is 1. The first-order valence-corrected chi connectivity index (χ1v) is 11.9. The quantitative estimate of drug-likeness (QED) is 0.418. The molecule has 1 aliphatic heterocycles. The van der Waals surface area contributed by atoms with Crippen LogP contribution in [-0.4, -0.2) is 56.7 Å². The molecule has 0 spiro atoms. The van der Waals surface area contributed by atoms with Crippen LogP contribution in [0.4, 0.5) is 15.1 Å². The normalized spacial score (nSPS) is 13.9. The van der Waals surface area contributed by atoms with Gasteiger partial charge in [-0.2, -0.15) is 0 Å². The third-order valence-electron chi connectivity index (χ3n) is 6.48. The average molecular weight is 482 g/mol. The van der Waals surface area contributed by atoms with Gasteiger partial charge in [0, 0.05) is 38.1 Å². The average Bonchev–Trinajstić information content (AvgIpc) is 3.37. The maximum absolute atomic E-state index is 14.7. The molecule has 0 radical (unpaired) electrons. The molecular formula is C27H24FN7O. The second-order valence-corrected chi connectivity index (χ2v) is 8.71. The number of hydrogen-bond donors (Lipinski definition) is 1. The largest absolute Gasteiger partial charge is 0.338 e. The SMILES string of the molecule is O=C(NCc1ccccc1)N1CCN(c2nc3ccccc3c3nnc(-c4ccccc4F)n23)CC1. The molecule has 0 atom stereocenters. The zero-order chi connectivity index (χ0) is 24.5. The molecule has 1 N–H and O–H groups in total. The molecule has 2 amide bonds. The van der Waals surface area contributed by atoms with Crippen LogP contribution >= 0.6 is 0 Å². The molecule has 6 rings (SSSR count). The van der Waals surface area contributed by atoms with Crippen LogP contribution in [0.15, 0.2) is 78.9 Å². The number of piperazine rings is 1. The molecule has 2 aromatic heterocycles. The molecule has 0 unspecified atom stereocenters. The first-order chi connectivity index (χ1) is 17.7. The van der Waals surface area contributed by atoms with Gasteiger partial charge in [0.25, 0.3) is 0 Å². The molecule has 9 heteroatoms. The van der Waals surface area contributed by atoms with Crippen molar-refractivity contribution in [1.29, 1.82) is 0 Å². The Morgan fingerprint density at radius 3 is 2.39 bits per heavy atom. The number of amides is 2. The molecule has 180 valence electrons. The number of carbonyl (C=O) groups is 1. The second kappa shape index (κ2) is 9.26. The Balaban J connectivity index is 1.30. The Morgan fingerprint density at radius 2 is 1.58 bits per heavy atom. The van der Waals surface area contributed by atoms with Crippen LogP contribution in [0.2, 0.25) is 0 Å². The highest BCUT2D eigenvalue weighted by Gasteiger charge is 2.26. The molecule has 1 saturated heterocycles. The highest BCUT2D eigenvalue weighted by Crippen LogP contribution is 2.30. The van der Waals surface area contributed by atoms with E-state index in [1.54, 1.807) is 18.2 Å². The summed E-state index contributed by atoms with van der Waals surface area (Å²) in [6.07, 6.45) is 0. The summed E-state index contributed by atoms with van der Waals surface area (Å²) in [5, 5.41) is 12.6. The predicted molar refractivity (Wildman–Crippen MR) is 136 cm³/mol. The third-order valence-corrected chi connectivity index (χ3v) is 6.48. The van der Waals surface area contributed by atoms with Crippen LogP contribution in [-0.2, 0) is 6.54 Å². The van der Waals surface area contributed by atoms with Gasteiger partial charge in [-0.3, -0.25) is 0 Å². The lowest BCUT2D eigenvalue weighted by atomic mass is 10.2. The summed E-state index contributed by atoms with van der Waals surface area (Å²) in [5.41, 5.74) is 2.83. The Hall–Kier alpha value is -4.53. The molecule has 3 heterocycles. The van der Waals surface area contributed by atoms with Crippen molar-refractivity contribution in [3.8, 4) is 11.4 Å². The van der Waals surface area contributed by atoms with Gasteiger partial charge in [-0.05, 0) is 29.8 Å². The van der Waals surface area contributed by atoms with Crippen molar-refractivity contribution in [2.75, 3.05) is 31.1 Å². The Bertz CT molecular complexity index is 1540. The first kappa shape index (κ1) is 22.0. The molecule has 1 fully saturated rings. The van der Waals surface area contributed by atoms with Gasteiger partial charge in [0.1, 0.15) is 5.82 Å². The van der Waals surface area contributed by atoms with E-state index >= 15 is 0 Å². The standard InChI is InChI=1S/C27H24FN7O/c28-22-12-6-4-10-20(22)24-31-32-25-21-11-5-7-13-23(21)30-26(35(24)25)33-14-16-34(17-15-33)27(36)29-18-19-8-2-1-3-9-19/h1-13H,14-18H2,(H,29,36). The second-order valence-electron chi connectivity index (χ2n) is 8.71. The molecule has 1 aliphatic rings. The Labute approximate surface area is 207 Å². The Morgan fingerprint density at radius 1 is 0.861 bits per heavy atom. The van der Waals surface area contributed by atoms with E-state index in [9.17, 15) is 9.18 Å². The number of benzene rings is 3. The lowest BCUT2D eigenvalue weighted by molar-refractivity contribution is 0.193. The minimum absolute atomic E-state index is 0.0912. The van der Waals surface area contributed by atoms with Crippen LogP contribution in [0.25, 0.3) is 27.9 Å². The van der Waals surface area contributed by atoms with Gasteiger partial charge >= 0.3 is 6.03 Å². The maximum atomic E-state index is 14.7. The van der Waals surface area contributed by atoms with Crippen molar-refractivity contribution in [1.82, 2.24) is 29.8 Å². The molecule has 0 saturated carbocycles. The van der Waals surface area contributed by atoms with Crippen molar-refractivity contribution < 1.29 is 9.18 Å². The van der Waals surface area contributed by atoms with Gasteiger partial charge in [-0.1, -0.05) is 54.6 Å². The van der Waals surface area contributed by atoms with Crippen molar-refractivity contribution in [2.45, 2.75) is 6.54 Å². The fourth-order valence-electron chi connectivity index (χ4n) is 4.59. The van der Waals surface area contributed by atoms with Crippen molar-refractivity contribution in [3.63, 3.8) is 0 Å². The van der Waals surface area contributed by atoms with Gasteiger partial charge in [-0.15, -0.1) is 10.2 Å². The number of aromatic nitrogens is 4. The monoisotopic (exact) mass is 481 g/mol. The number of halogens is 1. The minimum atomic E-state index is -0.370. The summed E-state index contributed by atoms with van der Waals surface area (Å²) in [6.45, 7) is 2.71. The van der Waals surface area contributed by atoms with E-state index in [4.69, 9.17) is 4.98 Å². The summed E-state index contributed by atoms with van der Waals surface area (Å²) < 4.78 is 16.6. The van der Waals surface area contributed by atoms with E-state index in [2.05, 4.69) is 20.4 Å². The van der Waals surface area contributed by atoms with Crippen LogP contribution < -0.4 is 10.2 Å². The van der Waals surface area contributed by atoms with E-state index in [1.165, 1.54) is 6.07 Å². The number of carbonyl (C=O) groups excluding carboxylic acids is 1.